The second kappa shape index (κ2) is 10.3. The summed E-state index contributed by atoms with van der Waals surface area (Å²) in [7, 11) is 1.25. The van der Waals surface area contributed by atoms with Gasteiger partial charge in [-0.25, -0.2) is 14.4 Å². The number of aromatic hydroxyl groups is 1. The molecule has 0 aliphatic carbocycles. The summed E-state index contributed by atoms with van der Waals surface area (Å²) in [6.45, 7) is 0.913. The van der Waals surface area contributed by atoms with E-state index < -0.39 is 28.8 Å². The Morgan fingerprint density at radius 3 is 2.29 bits per heavy atom. The van der Waals surface area contributed by atoms with Crippen LogP contribution in [-0.4, -0.2) is 65.0 Å². The third-order valence-electron chi connectivity index (χ3n) is 5.60. The summed E-state index contributed by atoms with van der Waals surface area (Å²) in [6.07, 6.45) is 2.74. The van der Waals surface area contributed by atoms with Crippen molar-refractivity contribution in [2.45, 2.75) is 12.1 Å². The molecule has 0 saturated carbocycles. The number of hydrogen-bond acceptors (Lipinski definition) is 8. The van der Waals surface area contributed by atoms with Gasteiger partial charge in [0.2, 0.25) is 0 Å². The lowest BCUT2D eigenvalue weighted by Gasteiger charge is -2.21. The summed E-state index contributed by atoms with van der Waals surface area (Å²) in [5.41, 5.74) is 0.0581. The zero-order chi connectivity index (χ0) is 24.9. The van der Waals surface area contributed by atoms with Crippen molar-refractivity contribution in [3.05, 3.63) is 83.2 Å². The summed E-state index contributed by atoms with van der Waals surface area (Å²) >= 11 is 0. The number of phenols is 1. The van der Waals surface area contributed by atoms with Crippen LogP contribution in [0.5, 0.6) is 11.5 Å². The van der Waals surface area contributed by atoms with Crippen LogP contribution in [-0.2, 0) is 0 Å². The molecule has 4 N–H and O–H groups in total. The predicted octanol–water partition coefficient (Wildman–Crippen LogP) is 1.06. The van der Waals surface area contributed by atoms with Gasteiger partial charge < -0.3 is 25.8 Å². The smallest absolute Gasteiger partial charge is 0.270 e. The number of ketones is 1. The lowest BCUT2D eigenvalue weighted by atomic mass is 10.00. The maximum absolute atomic E-state index is 14.5. The third kappa shape index (κ3) is 5.09. The summed E-state index contributed by atoms with van der Waals surface area (Å²) in [5.74, 6) is -3.19. The number of carbonyl (C=O) groups excluding carboxylic acids is 3. The van der Waals surface area contributed by atoms with E-state index in [1.54, 1.807) is 0 Å². The minimum atomic E-state index is -0.969. The molecule has 0 spiro atoms. The zero-order valence-electron chi connectivity index (χ0n) is 18.6. The highest BCUT2D eigenvalue weighted by molar-refractivity contribution is 6.11. The second-order valence-corrected chi connectivity index (χ2v) is 7.80. The summed E-state index contributed by atoms with van der Waals surface area (Å²) in [5, 5.41) is 18.8. The van der Waals surface area contributed by atoms with Crippen LogP contribution in [0.2, 0.25) is 0 Å². The zero-order valence-corrected chi connectivity index (χ0v) is 18.6. The molecule has 1 saturated heterocycles. The molecule has 0 bridgehead atoms. The molecular weight excluding hydrogens is 457 g/mol. The van der Waals surface area contributed by atoms with Gasteiger partial charge in [0, 0.05) is 30.4 Å². The minimum absolute atomic E-state index is 0.0847. The minimum Gasteiger partial charge on any atom is -0.507 e. The van der Waals surface area contributed by atoms with E-state index in [4.69, 9.17) is 4.74 Å². The van der Waals surface area contributed by atoms with Crippen molar-refractivity contribution in [3.8, 4) is 11.5 Å². The number of hydrogen-bond donors (Lipinski definition) is 4. The first-order valence-corrected chi connectivity index (χ1v) is 10.7. The van der Waals surface area contributed by atoms with E-state index in [1.807, 2.05) is 0 Å². The molecule has 0 radical (unpaired) electrons. The van der Waals surface area contributed by atoms with E-state index in [0.717, 1.165) is 0 Å². The van der Waals surface area contributed by atoms with Crippen LogP contribution in [0, 0.1) is 5.82 Å². The average molecular weight is 479 g/mol. The molecule has 1 fully saturated rings. The number of amides is 2. The van der Waals surface area contributed by atoms with Crippen LogP contribution in [0.4, 0.5) is 4.39 Å². The number of nitrogens with one attached hydrogen (secondary N) is 3. The molecule has 1 aromatic heterocycles. The largest absolute Gasteiger partial charge is 0.507 e. The SMILES string of the molecule is COc1ccc(O)c(C(=O)c2ccc(C(=O)N[C@@H]3CNC[C@H]3NC(=O)c3ccncn3)cc2)c1F. The van der Waals surface area contributed by atoms with Gasteiger partial charge in [0.15, 0.2) is 17.3 Å². The molecule has 2 aromatic carbocycles. The highest BCUT2D eigenvalue weighted by atomic mass is 19.1. The first-order chi connectivity index (χ1) is 16.9. The summed E-state index contributed by atoms with van der Waals surface area (Å²) < 4.78 is 19.4. The van der Waals surface area contributed by atoms with Gasteiger partial charge in [0.25, 0.3) is 11.8 Å². The van der Waals surface area contributed by atoms with E-state index in [-0.39, 0.29) is 40.6 Å². The number of benzene rings is 2. The van der Waals surface area contributed by atoms with E-state index in [9.17, 15) is 23.9 Å². The Balaban J connectivity index is 1.43. The number of phenolic OH excluding ortho intramolecular Hbond substituents is 1. The van der Waals surface area contributed by atoms with Gasteiger partial charge in [0.1, 0.15) is 23.3 Å². The van der Waals surface area contributed by atoms with Crippen LogP contribution in [0.25, 0.3) is 0 Å². The second-order valence-electron chi connectivity index (χ2n) is 7.80. The fourth-order valence-electron chi connectivity index (χ4n) is 3.74. The first-order valence-electron chi connectivity index (χ1n) is 10.7. The van der Waals surface area contributed by atoms with Crippen molar-refractivity contribution in [2.24, 2.45) is 0 Å². The molecule has 11 heteroatoms. The Morgan fingerprint density at radius 1 is 1.00 bits per heavy atom. The van der Waals surface area contributed by atoms with Gasteiger partial charge in [-0.05, 0) is 30.3 Å². The Bertz CT molecular complexity index is 1250. The van der Waals surface area contributed by atoms with Gasteiger partial charge >= 0.3 is 0 Å². The van der Waals surface area contributed by atoms with Crippen molar-refractivity contribution in [1.82, 2.24) is 25.9 Å². The number of ether oxygens (including phenoxy) is 1. The summed E-state index contributed by atoms with van der Waals surface area (Å²) in [4.78, 5) is 45.6. The standard InChI is InChI=1S/C24H22FN5O5/c1-35-19-7-6-18(31)20(21(19)25)22(32)13-2-4-14(5-3-13)23(33)29-16-10-27-11-17(16)30-24(34)15-8-9-26-12-28-15/h2-9,12,16-17,27,31H,10-11H2,1H3,(H,29,33)(H,30,34)/t16-,17-/m1/s1. The van der Waals surface area contributed by atoms with Crippen LogP contribution in [0.1, 0.15) is 36.8 Å². The van der Waals surface area contributed by atoms with E-state index in [2.05, 4.69) is 25.9 Å². The Labute approximate surface area is 199 Å². The topological polar surface area (TPSA) is 143 Å². The van der Waals surface area contributed by atoms with E-state index in [1.165, 1.54) is 62.1 Å². The fraction of sp³-hybridized carbons (Fsp3) is 0.208. The molecular formula is C24H22FN5O5. The van der Waals surface area contributed by atoms with Crippen LogP contribution in [0.3, 0.4) is 0 Å². The highest BCUT2D eigenvalue weighted by Crippen LogP contribution is 2.30. The molecule has 35 heavy (non-hydrogen) atoms. The van der Waals surface area contributed by atoms with Crippen LogP contribution < -0.4 is 20.7 Å². The molecule has 3 aromatic rings. The fourth-order valence-corrected chi connectivity index (χ4v) is 3.74. The summed E-state index contributed by atoms with van der Waals surface area (Å²) in [6, 6.07) is 8.74. The Morgan fingerprint density at radius 2 is 1.66 bits per heavy atom. The lowest BCUT2D eigenvalue weighted by molar-refractivity contribution is 0.0894. The number of aromatic nitrogens is 2. The molecule has 0 unspecified atom stereocenters. The van der Waals surface area contributed by atoms with Crippen LogP contribution in [0.15, 0.2) is 55.0 Å². The van der Waals surface area contributed by atoms with Gasteiger partial charge in [0.05, 0.1) is 19.2 Å². The molecule has 2 atom stereocenters. The van der Waals surface area contributed by atoms with Crippen molar-refractivity contribution in [3.63, 3.8) is 0 Å². The quantitative estimate of drug-likeness (QED) is 0.369. The van der Waals surface area contributed by atoms with Gasteiger partial charge in [-0.2, -0.15) is 0 Å². The molecule has 2 amide bonds. The number of rotatable bonds is 7. The molecule has 1 aliphatic rings. The normalized spacial score (nSPS) is 17.0. The molecule has 1 aliphatic heterocycles. The average Bonchev–Trinajstić information content (AvgIpc) is 3.30. The number of nitrogens with zero attached hydrogens (tertiary/aromatic N) is 2. The predicted molar refractivity (Wildman–Crippen MR) is 122 cm³/mol. The van der Waals surface area contributed by atoms with Gasteiger partial charge in [-0.3, -0.25) is 14.4 Å². The van der Waals surface area contributed by atoms with Crippen molar-refractivity contribution in [1.29, 1.82) is 0 Å². The van der Waals surface area contributed by atoms with Crippen molar-refractivity contribution < 1.29 is 28.6 Å². The van der Waals surface area contributed by atoms with Gasteiger partial charge in [-0.15, -0.1) is 0 Å². The Kier molecular flexibility index (Phi) is 6.97. The number of carbonyl (C=O) groups is 3. The Hall–Kier alpha value is -4.38. The van der Waals surface area contributed by atoms with Crippen LogP contribution >= 0.6 is 0 Å². The lowest BCUT2D eigenvalue weighted by Crippen LogP contribution is -2.51. The van der Waals surface area contributed by atoms with Crippen molar-refractivity contribution in [2.75, 3.05) is 20.2 Å². The monoisotopic (exact) mass is 479 g/mol. The highest BCUT2D eigenvalue weighted by Gasteiger charge is 2.30. The number of halogens is 1. The molecule has 180 valence electrons. The molecule has 10 nitrogen and oxygen atoms in total. The van der Waals surface area contributed by atoms with Crippen molar-refractivity contribution >= 4 is 17.6 Å². The molecule has 4 rings (SSSR count). The van der Waals surface area contributed by atoms with E-state index in [0.29, 0.717) is 13.1 Å². The molecule has 2 heterocycles. The number of methoxy groups -OCH3 is 1. The third-order valence-corrected chi connectivity index (χ3v) is 5.60. The van der Waals surface area contributed by atoms with E-state index >= 15 is 0 Å². The first kappa shape index (κ1) is 23.8. The maximum Gasteiger partial charge on any atom is 0.270 e. The maximum atomic E-state index is 14.5. The van der Waals surface area contributed by atoms with Gasteiger partial charge in [-0.1, -0.05) is 12.1 Å².